The molecule has 0 radical (unpaired) electrons. The normalized spacial score (nSPS) is 20.0. The summed E-state index contributed by atoms with van der Waals surface area (Å²) in [7, 11) is 0. The first-order valence-electron chi connectivity index (χ1n) is 9.18. The molecule has 0 unspecified atom stereocenters. The van der Waals surface area contributed by atoms with Gasteiger partial charge in [-0.1, -0.05) is 44.6 Å². The standard InChI is InChI=1S/C19H27NO2S2/c21-19(22)20-16-12-7-13-17(23-14-8-3-1-4-9-14)18(16)24-15-10-5-2-6-11-15/h7,12-15,20H,1-6,8-11H2,(H,21,22). The minimum atomic E-state index is -0.972. The van der Waals surface area contributed by atoms with Crippen LogP contribution >= 0.6 is 23.5 Å². The number of anilines is 1. The van der Waals surface area contributed by atoms with Crippen LogP contribution in [0, 0.1) is 0 Å². The highest BCUT2D eigenvalue weighted by Gasteiger charge is 2.22. The van der Waals surface area contributed by atoms with E-state index in [9.17, 15) is 9.90 Å². The molecular formula is C19H27NO2S2. The van der Waals surface area contributed by atoms with E-state index < -0.39 is 6.09 Å². The monoisotopic (exact) mass is 365 g/mol. The van der Waals surface area contributed by atoms with E-state index in [0.29, 0.717) is 10.5 Å². The van der Waals surface area contributed by atoms with Crippen LogP contribution in [0.2, 0.25) is 0 Å². The number of hydrogen-bond donors (Lipinski definition) is 2. The summed E-state index contributed by atoms with van der Waals surface area (Å²) < 4.78 is 0. The van der Waals surface area contributed by atoms with Crippen LogP contribution in [-0.4, -0.2) is 21.7 Å². The van der Waals surface area contributed by atoms with Gasteiger partial charge in [0, 0.05) is 20.3 Å². The van der Waals surface area contributed by atoms with Gasteiger partial charge < -0.3 is 5.11 Å². The molecule has 2 fully saturated rings. The van der Waals surface area contributed by atoms with Crippen LogP contribution in [0.3, 0.4) is 0 Å². The second-order valence-corrected chi connectivity index (χ2v) is 9.47. The number of carboxylic acid groups (broad SMARTS) is 1. The molecule has 2 aliphatic rings. The Morgan fingerprint density at radius 2 is 1.50 bits per heavy atom. The predicted molar refractivity (Wildman–Crippen MR) is 104 cm³/mol. The van der Waals surface area contributed by atoms with Gasteiger partial charge in [-0.3, -0.25) is 5.32 Å². The van der Waals surface area contributed by atoms with Crippen LogP contribution < -0.4 is 5.32 Å². The van der Waals surface area contributed by atoms with Gasteiger partial charge in [0.25, 0.3) is 0 Å². The minimum absolute atomic E-state index is 0.626. The number of carbonyl (C=O) groups is 1. The van der Waals surface area contributed by atoms with Crippen molar-refractivity contribution < 1.29 is 9.90 Å². The summed E-state index contributed by atoms with van der Waals surface area (Å²) in [6, 6.07) is 6.07. The third kappa shape index (κ3) is 5.09. The molecule has 1 aromatic rings. The number of hydrogen-bond acceptors (Lipinski definition) is 3. The largest absolute Gasteiger partial charge is 0.465 e. The molecule has 2 aliphatic carbocycles. The fourth-order valence-electron chi connectivity index (χ4n) is 3.66. The average Bonchev–Trinajstić information content (AvgIpc) is 2.59. The molecule has 3 nitrogen and oxygen atoms in total. The zero-order valence-corrected chi connectivity index (χ0v) is 15.8. The fraction of sp³-hybridized carbons (Fsp3) is 0.632. The molecule has 0 saturated heterocycles. The van der Waals surface area contributed by atoms with Crippen LogP contribution in [0.1, 0.15) is 64.2 Å². The zero-order valence-electron chi connectivity index (χ0n) is 14.1. The Bertz CT molecular complexity index is 552. The maximum absolute atomic E-state index is 11.2. The lowest BCUT2D eigenvalue weighted by atomic mass is 10.0. The van der Waals surface area contributed by atoms with Crippen molar-refractivity contribution in [2.75, 3.05) is 5.32 Å². The molecule has 5 heteroatoms. The topological polar surface area (TPSA) is 49.3 Å². The molecule has 24 heavy (non-hydrogen) atoms. The van der Waals surface area contributed by atoms with Crippen LogP contribution in [0.4, 0.5) is 10.5 Å². The Hall–Kier alpha value is -0.810. The second-order valence-electron chi connectivity index (χ2n) is 6.82. The SMILES string of the molecule is O=C(O)Nc1cccc(SC2CCCCC2)c1SC1CCCCC1. The van der Waals surface area contributed by atoms with Gasteiger partial charge in [0.2, 0.25) is 0 Å². The highest BCUT2D eigenvalue weighted by Crippen LogP contribution is 2.45. The van der Waals surface area contributed by atoms with Crippen molar-refractivity contribution >= 4 is 35.3 Å². The molecule has 1 amide bonds. The fourth-order valence-corrected chi connectivity index (χ4v) is 6.58. The lowest BCUT2D eigenvalue weighted by Crippen LogP contribution is -2.12. The molecule has 0 aromatic heterocycles. The van der Waals surface area contributed by atoms with E-state index in [1.807, 2.05) is 35.7 Å². The third-order valence-corrected chi connectivity index (χ3v) is 7.91. The van der Waals surface area contributed by atoms with Gasteiger partial charge in [-0.2, -0.15) is 0 Å². The van der Waals surface area contributed by atoms with Crippen molar-refractivity contribution in [1.82, 2.24) is 0 Å². The molecule has 2 N–H and O–H groups in total. The van der Waals surface area contributed by atoms with Gasteiger partial charge >= 0.3 is 6.09 Å². The highest BCUT2D eigenvalue weighted by molar-refractivity contribution is 8.03. The van der Waals surface area contributed by atoms with E-state index in [1.165, 1.54) is 69.1 Å². The van der Waals surface area contributed by atoms with Gasteiger partial charge in [0.05, 0.1) is 5.69 Å². The number of amides is 1. The molecule has 0 bridgehead atoms. The molecule has 0 spiro atoms. The number of nitrogens with one attached hydrogen (secondary N) is 1. The number of thioether (sulfide) groups is 2. The van der Waals surface area contributed by atoms with Crippen molar-refractivity contribution in [3.63, 3.8) is 0 Å². The van der Waals surface area contributed by atoms with Crippen LogP contribution in [0.15, 0.2) is 28.0 Å². The molecule has 1 aromatic carbocycles. The summed E-state index contributed by atoms with van der Waals surface area (Å²) in [4.78, 5) is 13.6. The molecule has 3 rings (SSSR count). The maximum Gasteiger partial charge on any atom is 0.409 e. The van der Waals surface area contributed by atoms with E-state index in [-0.39, 0.29) is 0 Å². The molecule has 2 saturated carbocycles. The summed E-state index contributed by atoms with van der Waals surface area (Å²) in [6.45, 7) is 0. The van der Waals surface area contributed by atoms with Gasteiger partial charge in [-0.05, 0) is 37.8 Å². The molecule has 132 valence electrons. The summed E-state index contributed by atoms with van der Waals surface area (Å²) >= 11 is 3.87. The van der Waals surface area contributed by atoms with E-state index in [0.717, 1.165) is 10.6 Å². The quantitative estimate of drug-likeness (QED) is 0.615. The Balaban J connectivity index is 1.80. The van der Waals surface area contributed by atoms with Gasteiger partial charge in [0.1, 0.15) is 0 Å². The van der Waals surface area contributed by atoms with Crippen LogP contribution in [0.25, 0.3) is 0 Å². The Labute approximate surface area is 153 Å². The predicted octanol–water partition coefficient (Wildman–Crippen LogP) is 6.63. The Morgan fingerprint density at radius 3 is 2.08 bits per heavy atom. The Kier molecular flexibility index (Phi) is 6.78. The lowest BCUT2D eigenvalue weighted by molar-refractivity contribution is 0.209. The second kappa shape index (κ2) is 9.04. The average molecular weight is 366 g/mol. The first kappa shape index (κ1) is 18.0. The number of benzene rings is 1. The van der Waals surface area contributed by atoms with E-state index in [1.54, 1.807) is 0 Å². The van der Waals surface area contributed by atoms with Crippen molar-refractivity contribution in [3.05, 3.63) is 18.2 Å². The third-order valence-electron chi connectivity index (χ3n) is 4.90. The first-order chi connectivity index (χ1) is 11.7. The maximum atomic E-state index is 11.2. The number of rotatable bonds is 5. The molecule has 0 heterocycles. The van der Waals surface area contributed by atoms with Crippen molar-refractivity contribution in [3.8, 4) is 0 Å². The van der Waals surface area contributed by atoms with Crippen molar-refractivity contribution in [1.29, 1.82) is 0 Å². The minimum Gasteiger partial charge on any atom is -0.465 e. The van der Waals surface area contributed by atoms with Crippen molar-refractivity contribution in [2.24, 2.45) is 0 Å². The molecule has 0 atom stereocenters. The van der Waals surface area contributed by atoms with Gasteiger partial charge in [-0.15, -0.1) is 23.5 Å². The Morgan fingerprint density at radius 1 is 0.917 bits per heavy atom. The smallest absolute Gasteiger partial charge is 0.409 e. The van der Waals surface area contributed by atoms with Crippen LogP contribution in [-0.2, 0) is 0 Å². The first-order valence-corrected chi connectivity index (χ1v) is 10.9. The summed E-state index contributed by atoms with van der Waals surface area (Å²) in [5.41, 5.74) is 0.763. The highest BCUT2D eigenvalue weighted by atomic mass is 32.2. The van der Waals surface area contributed by atoms with Crippen molar-refractivity contribution in [2.45, 2.75) is 84.5 Å². The van der Waals surface area contributed by atoms with Gasteiger partial charge in [-0.25, -0.2) is 4.79 Å². The van der Waals surface area contributed by atoms with E-state index >= 15 is 0 Å². The zero-order chi connectivity index (χ0) is 16.8. The summed E-state index contributed by atoms with van der Waals surface area (Å²) in [5, 5.41) is 13.1. The molecule has 0 aliphatic heterocycles. The van der Waals surface area contributed by atoms with E-state index in [4.69, 9.17) is 0 Å². The van der Waals surface area contributed by atoms with Gasteiger partial charge in [0.15, 0.2) is 0 Å². The summed E-state index contributed by atoms with van der Waals surface area (Å²) in [5.74, 6) is 0. The molecular weight excluding hydrogens is 338 g/mol. The van der Waals surface area contributed by atoms with Crippen LogP contribution in [0.5, 0.6) is 0 Å². The lowest BCUT2D eigenvalue weighted by Gasteiger charge is -2.26. The summed E-state index contributed by atoms with van der Waals surface area (Å²) in [6.07, 6.45) is 12.1. The van der Waals surface area contributed by atoms with E-state index in [2.05, 4.69) is 11.4 Å².